The second-order valence-corrected chi connectivity index (χ2v) is 6.60. The van der Waals surface area contributed by atoms with E-state index in [1.807, 2.05) is 0 Å². The second kappa shape index (κ2) is 6.51. The molecule has 2 heterocycles. The monoisotopic (exact) mass is 313 g/mol. The van der Waals surface area contributed by atoms with Gasteiger partial charge in [-0.05, 0) is 12.8 Å². The van der Waals surface area contributed by atoms with Crippen LogP contribution >= 0.6 is 23.1 Å². The van der Waals surface area contributed by atoms with E-state index >= 15 is 0 Å². The summed E-state index contributed by atoms with van der Waals surface area (Å²) in [5, 5.41) is 16.1. The van der Waals surface area contributed by atoms with E-state index in [9.17, 15) is 0 Å². The molecule has 7 nitrogen and oxygen atoms in total. The van der Waals surface area contributed by atoms with Gasteiger partial charge in [-0.1, -0.05) is 28.3 Å². The lowest BCUT2D eigenvalue weighted by atomic mass is 10.4. The Morgan fingerprint density at radius 2 is 2.35 bits per heavy atom. The summed E-state index contributed by atoms with van der Waals surface area (Å²) in [6.07, 6.45) is 2.34. The number of aromatic nitrogens is 4. The van der Waals surface area contributed by atoms with E-state index in [0.29, 0.717) is 18.3 Å². The van der Waals surface area contributed by atoms with Crippen LogP contribution in [0.15, 0.2) is 8.86 Å². The van der Waals surface area contributed by atoms with Crippen LogP contribution in [-0.4, -0.2) is 40.6 Å². The van der Waals surface area contributed by atoms with E-state index in [0.717, 1.165) is 27.7 Å². The number of ether oxygens (including phenoxy) is 1. The van der Waals surface area contributed by atoms with Gasteiger partial charge in [0.05, 0.1) is 12.4 Å². The molecule has 1 aliphatic rings. The Morgan fingerprint density at radius 3 is 3.15 bits per heavy atom. The third-order valence-corrected chi connectivity index (χ3v) is 4.73. The number of rotatable bonds is 8. The third kappa shape index (κ3) is 3.68. The van der Waals surface area contributed by atoms with Crippen LogP contribution in [-0.2, 0) is 10.5 Å². The summed E-state index contributed by atoms with van der Waals surface area (Å²) >= 11 is 3.08. The molecule has 1 fully saturated rings. The van der Waals surface area contributed by atoms with Crippen molar-refractivity contribution in [3.05, 3.63) is 11.7 Å². The number of thioether (sulfide) groups is 1. The summed E-state index contributed by atoms with van der Waals surface area (Å²) in [5.74, 6) is 2.66. The highest BCUT2D eigenvalue weighted by atomic mass is 32.2. The Labute approximate surface area is 124 Å². The van der Waals surface area contributed by atoms with Crippen LogP contribution in [0.1, 0.15) is 30.5 Å². The molecule has 1 N–H and O–H groups in total. The molecule has 0 aromatic carbocycles. The van der Waals surface area contributed by atoms with E-state index in [1.165, 1.54) is 24.2 Å². The molecule has 0 atom stereocenters. The van der Waals surface area contributed by atoms with Crippen molar-refractivity contribution in [1.29, 1.82) is 0 Å². The molecule has 0 saturated heterocycles. The summed E-state index contributed by atoms with van der Waals surface area (Å²) in [6.45, 7) is 1.38. The molecule has 108 valence electrons. The summed E-state index contributed by atoms with van der Waals surface area (Å²) in [7, 11) is 1.67. The number of nitrogens with zero attached hydrogens (tertiary/aromatic N) is 4. The van der Waals surface area contributed by atoms with Crippen molar-refractivity contribution in [2.75, 3.05) is 25.6 Å². The quantitative estimate of drug-likeness (QED) is 0.586. The average Bonchev–Trinajstić information content (AvgIpc) is 3.03. The van der Waals surface area contributed by atoms with Crippen molar-refractivity contribution in [3.8, 4) is 0 Å². The molecule has 20 heavy (non-hydrogen) atoms. The van der Waals surface area contributed by atoms with Crippen molar-refractivity contribution >= 4 is 28.2 Å². The summed E-state index contributed by atoms with van der Waals surface area (Å²) < 4.78 is 11.1. The zero-order valence-electron chi connectivity index (χ0n) is 11.0. The van der Waals surface area contributed by atoms with E-state index in [2.05, 4.69) is 25.7 Å². The predicted molar refractivity (Wildman–Crippen MR) is 76.1 cm³/mol. The fourth-order valence-electron chi connectivity index (χ4n) is 1.55. The number of hydrogen-bond donors (Lipinski definition) is 1. The van der Waals surface area contributed by atoms with E-state index in [4.69, 9.17) is 9.26 Å². The van der Waals surface area contributed by atoms with Crippen LogP contribution in [0.25, 0.3) is 0 Å². The molecular formula is C11H15N5O2S2. The van der Waals surface area contributed by atoms with Crippen molar-refractivity contribution in [2.24, 2.45) is 0 Å². The number of methoxy groups -OCH3 is 1. The zero-order chi connectivity index (χ0) is 13.8. The first kappa shape index (κ1) is 13.8. The van der Waals surface area contributed by atoms with Gasteiger partial charge in [-0.15, -0.1) is 10.2 Å². The average molecular weight is 313 g/mol. The van der Waals surface area contributed by atoms with Gasteiger partial charge >= 0.3 is 0 Å². The summed E-state index contributed by atoms with van der Waals surface area (Å²) in [6, 6.07) is 0. The minimum Gasteiger partial charge on any atom is -0.383 e. The minimum absolute atomic E-state index is 0.499. The largest absolute Gasteiger partial charge is 0.383 e. The SMILES string of the molecule is COCCNc1nnc(SCc2noc(C3CC3)n2)s1. The first-order valence-corrected chi connectivity index (χ1v) is 8.17. The maximum atomic E-state index is 5.21. The van der Waals surface area contributed by atoms with Crippen molar-refractivity contribution in [1.82, 2.24) is 20.3 Å². The second-order valence-electron chi connectivity index (χ2n) is 4.40. The number of hydrogen-bond acceptors (Lipinski definition) is 9. The smallest absolute Gasteiger partial charge is 0.229 e. The van der Waals surface area contributed by atoms with Crippen LogP contribution in [0.5, 0.6) is 0 Å². The lowest BCUT2D eigenvalue weighted by Crippen LogP contribution is -2.06. The van der Waals surface area contributed by atoms with Crippen LogP contribution in [0, 0.1) is 0 Å². The van der Waals surface area contributed by atoms with Crippen LogP contribution in [0.3, 0.4) is 0 Å². The van der Waals surface area contributed by atoms with Crippen molar-refractivity contribution in [2.45, 2.75) is 28.9 Å². The van der Waals surface area contributed by atoms with Crippen LogP contribution < -0.4 is 5.32 Å². The van der Waals surface area contributed by atoms with Gasteiger partial charge in [0.2, 0.25) is 11.0 Å². The molecule has 2 aromatic heterocycles. The molecule has 0 spiro atoms. The molecule has 3 rings (SSSR count). The lowest BCUT2D eigenvalue weighted by Gasteiger charge is -1.98. The van der Waals surface area contributed by atoms with Crippen LogP contribution in [0.4, 0.5) is 5.13 Å². The first-order chi connectivity index (χ1) is 9.85. The standard InChI is InChI=1S/C11H15N5O2S2/c1-17-5-4-12-10-14-15-11(20-10)19-6-8-13-9(18-16-8)7-2-3-7/h7H,2-6H2,1H3,(H,12,14). The topological polar surface area (TPSA) is 86.0 Å². The maximum absolute atomic E-state index is 5.21. The fraction of sp³-hybridized carbons (Fsp3) is 0.636. The highest BCUT2D eigenvalue weighted by Gasteiger charge is 2.29. The van der Waals surface area contributed by atoms with Gasteiger partial charge in [-0.3, -0.25) is 0 Å². The lowest BCUT2D eigenvalue weighted by molar-refractivity contribution is 0.211. The van der Waals surface area contributed by atoms with E-state index in [-0.39, 0.29) is 0 Å². The normalized spacial score (nSPS) is 14.7. The van der Waals surface area contributed by atoms with Gasteiger partial charge in [0, 0.05) is 19.6 Å². The van der Waals surface area contributed by atoms with Gasteiger partial charge in [0.15, 0.2) is 10.2 Å². The molecule has 0 bridgehead atoms. The molecule has 2 aromatic rings. The van der Waals surface area contributed by atoms with Gasteiger partial charge in [-0.2, -0.15) is 4.98 Å². The van der Waals surface area contributed by atoms with Gasteiger partial charge in [-0.25, -0.2) is 0 Å². The highest BCUT2D eigenvalue weighted by molar-refractivity contribution is 8.00. The zero-order valence-corrected chi connectivity index (χ0v) is 12.7. The maximum Gasteiger partial charge on any atom is 0.229 e. The Bertz CT molecular complexity index is 555. The molecule has 0 unspecified atom stereocenters. The van der Waals surface area contributed by atoms with E-state index < -0.39 is 0 Å². The summed E-state index contributed by atoms with van der Waals surface area (Å²) in [5.41, 5.74) is 0. The Kier molecular flexibility index (Phi) is 4.48. The molecule has 1 aliphatic carbocycles. The van der Waals surface area contributed by atoms with Gasteiger partial charge < -0.3 is 14.6 Å². The van der Waals surface area contributed by atoms with E-state index in [1.54, 1.807) is 18.9 Å². The molecule has 9 heteroatoms. The number of nitrogens with one attached hydrogen (secondary N) is 1. The molecular weight excluding hydrogens is 298 g/mol. The molecule has 0 aliphatic heterocycles. The fourth-order valence-corrected chi connectivity index (χ4v) is 3.17. The Balaban J connectivity index is 1.47. The molecule has 0 amide bonds. The van der Waals surface area contributed by atoms with Crippen molar-refractivity contribution in [3.63, 3.8) is 0 Å². The molecule has 0 radical (unpaired) electrons. The Hall–Kier alpha value is -1.19. The van der Waals surface area contributed by atoms with Gasteiger partial charge in [0.25, 0.3) is 0 Å². The Morgan fingerprint density at radius 1 is 1.45 bits per heavy atom. The summed E-state index contributed by atoms with van der Waals surface area (Å²) in [4.78, 5) is 4.38. The van der Waals surface area contributed by atoms with Gasteiger partial charge in [0.1, 0.15) is 0 Å². The number of anilines is 1. The first-order valence-electron chi connectivity index (χ1n) is 6.36. The van der Waals surface area contributed by atoms with Crippen LogP contribution in [0.2, 0.25) is 0 Å². The predicted octanol–water partition coefficient (Wildman–Crippen LogP) is 2.15. The minimum atomic E-state index is 0.499. The van der Waals surface area contributed by atoms with Crippen molar-refractivity contribution < 1.29 is 9.26 Å². The molecule has 1 saturated carbocycles. The third-order valence-electron chi connectivity index (χ3n) is 2.72. The highest BCUT2D eigenvalue weighted by Crippen LogP contribution is 2.39.